The molecule has 3 heterocycles. The molecule has 3 aromatic rings. The second-order valence-corrected chi connectivity index (χ2v) is 8.68. The summed E-state index contributed by atoms with van der Waals surface area (Å²) in [6.45, 7) is 7.46. The summed E-state index contributed by atoms with van der Waals surface area (Å²) in [5.74, 6) is 0.701. The number of thioether (sulfide) groups is 1. The lowest BCUT2D eigenvalue weighted by atomic mass is 10.0. The van der Waals surface area contributed by atoms with Gasteiger partial charge in [-0.25, -0.2) is 0 Å². The van der Waals surface area contributed by atoms with Crippen LogP contribution in [0.15, 0.2) is 27.2 Å². The highest BCUT2D eigenvalue weighted by Crippen LogP contribution is 2.31. The molecule has 3 aromatic heterocycles. The number of furan rings is 1. The van der Waals surface area contributed by atoms with Crippen molar-refractivity contribution in [2.45, 2.75) is 43.8 Å². The fourth-order valence-electron chi connectivity index (χ4n) is 2.84. The molecule has 0 unspecified atom stereocenters. The van der Waals surface area contributed by atoms with Crippen LogP contribution >= 0.6 is 23.1 Å². The number of Topliss-reactive ketones (excluding diaryl/α,β-unsaturated/α-hetero) is 2. The molecule has 142 valence electrons. The Morgan fingerprint density at radius 1 is 1.37 bits per heavy atom. The van der Waals surface area contributed by atoms with Crippen LogP contribution in [0, 0.1) is 13.8 Å². The van der Waals surface area contributed by atoms with E-state index in [1.165, 1.54) is 30.0 Å². The molecule has 0 saturated carbocycles. The molecule has 0 radical (unpaired) electrons. The summed E-state index contributed by atoms with van der Waals surface area (Å²) in [5.41, 5.74) is 2.51. The monoisotopic (exact) mass is 404 g/mol. The molecule has 0 aromatic carbocycles. The smallest absolute Gasteiger partial charge is 0.206 e. The van der Waals surface area contributed by atoms with Crippen molar-refractivity contribution in [1.29, 1.82) is 0 Å². The highest BCUT2D eigenvalue weighted by molar-refractivity contribution is 8.02. The van der Waals surface area contributed by atoms with Crippen molar-refractivity contribution in [3.63, 3.8) is 0 Å². The molecule has 27 heavy (non-hydrogen) atoms. The summed E-state index contributed by atoms with van der Waals surface area (Å²) in [5, 5.41) is 11.7. The Balaban J connectivity index is 1.65. The molecule has 0 amide bonds. The third-order valence-electron chi connectivity index (χ3n) is 4.08. The van der Waals surface area contributed by atoms with E-state index in [1.807, 2.05) is 19.1 Å². The molecule has 2 N–H and O–H groups in total. The number of ketones is 2. The first-order valence-corrected chi connectivity index (χ1v) is 10.1. The first-order valence-electron chi connectivity index (χ1n) is 8.37. The van der Waals surface area contributed by atoms with Gasteiger partial charge < -0.3 is 14.7 Å². The molecular formula is C18H20N4O3S2. The van der Waals surface area contributed by atoms with Crippen LogP contribution < -0.4 is 5.32 Å². The minimum atomic E-state index is -0.354. The summed E-state index contributed by atoms with van der Waals surface area (Å²) >= 11 is 2.73. The van der Waals surface area contributed by atoms with E-state index in [9.17, 15) is 9.59 Å². The van der Waals surface area contributed by atoms with Crippen molar-refractivity contribution >= 4 is 39.8 Å². The molecule has 3 rings (SSSR count). The van der Waals surface area contributed by atoms with Crippen molar-refractivity contribution in [1.82, 2.24) is 15.2 Å². The van der Waals surface area contributed by atoms with Crippen LogP contribution in [-0.4, -0.2) is 32.0 Å². The zero-order valence-corrected chi connectivity index (χ0v) is 17.1. The van der Waals surface area contributed by atoms with E-state index in [4.69, 9.17) is 4.42 Å². The largest absolute Gasteiger partial charge is 0.467 e. The Morgan fingerprint density at radius 2 is 2.15 bits per heavy atom. The fourth-order valence-corrected chi connectivity index (χ4v) is 4.79. The number of nitrogens with zero attached hydrogens (tertiary/aromatic N) is 2. The lowest BCUT2D eigenvalue weighted by molar-refractivity contribution is 0.0988. The molecule has 1 atom stereocenters. The Kier molecular flexibility index (Phi) is 5.81. The predicted molar refractivity (Wildman–Crippen MR) is 106 cm³/mol. The minimum absolute atomic E-state index is 0.0444. The number of nitrogens with one attached hydrogen (secondary N) is 2. The lowest BCUT2D eigenvalue weighted by Gasteiger charge is -2.07. The number of H-pyrrole nitrogens is 1. The van der Waals surface area contributed by atoms with Crippen molar-refractivity contribution < 1.29 is 14.0 Å². The van der Waals surface area contributed by atoms with E-state index in [-0.39, 0.29) is 16.8 Å². The number of aromatic amines is 1. The van der Waals surface area contributed by atoms with Gasteiger partial charge in [0.1, 0.15) is 5.76 Å². The van der Waals surface area contributed by atoms with Crippen molar-refractivity contribution in [3.05, 3.63) is 46.7 Å². The fraction of sp³-hybridized carbons (Fsp3) is 0.333. The second kappa shape index (κ2) is 8.10. The predicted octanol–water partition coefficient (Wildman–Crippen LogP) is 4.25. The maximum absolute atomic E-state index is 12.8. The zero-order chi connectivity index (χ0) is 19.6. The van der Waals surface area contributed by atoms with Gasteiger partial charge in [0.05, 0.1) is 23.8 Å². The van der Waals surface area contributed by atoms with Gasteiger partial charge in [0.25, 0.3) is 0 Å². The van der Waals surface area contributed by atoms with Gasteiger partial charge >= 0.3 is 0 Å². The molecule has 0 fully saturated rings. The summed E-state index contributed by atoms with van der Waals surface area (Å²) in [4.78, 5) is 27.6. The molecule has 0 aliphatic carbocycles. The minimum Gasteiger partial charge on any atom is -0.467 e. The number of carbonyl (C=O) groups excluding carboxylic acids is 2. The van der Waals surface area contributed by atoms with Gasteiger partial charge in [0.15, 0.2) is 15.9 Å². The van der Waals surface area contributed by atoms with E-state index in [1.54, 1.807) is 20.1 Å². The Labute approximate surface area is 165 Å². The second-order valence-electron chi connectivity index (χ2n) is 6.11. The summed E-state index contributed by atoms with van der Waals surface area (Å²) in [6.07, 6.45) is 1.62. The topological polar surface area (TPSA) is 101 Å². The van der Waals surface area contributed by atoms with Crippen LogP contribution in [0.5, 0.6) is 0 Å². The third kappa shape index (κ3) is 4.30. The number of anilines is 1. The van der Waals surface area contributed by atoms with Crippen LogP contribution in [0.25, 0.3) is 0 Å². The van der Waals surface area contributed by atoms with Crippen molar-refractivity contribution in [2.75, 3.05) is 5.32 Å². The highest BCUT2D eigenvalue weighted by Gasteiger charge is 2.25. The summed E-state index contributed by atoms with van der Waals surface area (Å²) in [6, 6.07) is 3.70. The van der Waals surface area contributed by atoms with Crippen LogP contribution in [0.1, 0.15) is 51.7 Å². The number of hydrogen-bond donors (Lipinski definition) is 2. The van der Waals surface area contributed by atoms with Crippen LogP contribution in [0.4, 0.5) is 5.13 Å². The van der Waals surface area contributed by atoms with Crippen molar-refractivity contribution in [3.8, 4) is 0 Å². The molecule has 7 nitrogen and oxygen atoms in total. The van der Waals surface area contributed by atoms with Crippen LogP contribution in [0.2, 0.25) is 0 Å². The van der Waals surface area contributed by atoms with E-state index < -0.39 is 0 Å². The molecule has 0 spiro atoms. The Hall–Kier alpha value is -2.39. The first-order chi connectivity index (χ1) is 12.9. The SMILES string of the molecule is CC(=O)c1c(C)[nH]c(C(=O)[C@@H](C)Sc2nnc(NCc3ccco3)s2)c1C. The zero-order valence-electron chi connectivity index (χ0n) is 15.5. The molecule has 0 saturated heterocycles. The maximum Gasteiger partial charge on any atom is 0.206 e. The lowest BCUT2D eigenvalue weighted by Crippen LogP contribution is -2.15. The molecular weight excluding hydrogens is 384 g/mol. The van der Waals surface area contributed by atoms with Crippen molar-refractivity contribution in [2.24, 2.45) is 0 Å². The summed E-state index contributed by atoms with van der Waals surface area (Å²) in [7, 11) is 0. The molecule has 0 bridgehead atoms. The van der Waals surface area contributed by atoms with E-state index >= 15 is 0 Å². The van der Waals surface area contributed by atoms with Gasteiger partial charge in [-0.2, -0.15) is 0 Å². The quantitative estimate of drug-likeness (QED) is 0.427. The van der Waals surface area contributed by atoms with E-state index in [0.717, 1.165) is 11.5 Å². The Bertz CT molecular complexity index is 960. The number of aromatic nitrogens is 3. The molecule has 9 heteroatoms. The van der Waals surface area contributed by atoms with E-state index in [0.29, 0.717) is 32.8 Å². The summed E-state index contributed by atoms with van der Waals surface area (Å²) < 4.78 is 5.96. The number of carbonyl (C=O) groups is 2. The van der Waals surface area contributed by atoms with E-state index in [2.05, 4.69) is 20.5 Å². The average Bonchev–Trinajstić information content (AvgIpc) is 3.33. The standard InChI is InChI=1S/C18H20N4O3S2/c1-9-14(11(3)23)10(2)20-15(9)16(24)12(4)26-18-22-21-17(27-18)19-8-13-6-5-7-25-13/h5-7,12,20H,8H2,1-4H3,(H,19,21)/t12-/m1/s1. The molecule has 0 aliphatic rings. The third-order valence-corrected chi connectivity index (χ3v) is 6.15. The number of hydrogen-bond acceptors (Lipinski definition) is 8. The van der Waals surface area contributed by atoms with Gasteiger partial charge in [-0.15, -0.1) is 10.2 Å². The normalized spacial score (nSPS) is 12.1. The number of aryl methyl sites for hydroxylation is 1. The van der Waals surface area contributed by atoms with Gasteiger partial charge in [-0.05, 0) is 45.4 Å². The van der Waals surface area contributed by atoms with Gasteiger partial charge in [-0.3, -0.25) is 9.59 Å². The highest BCUT2D eigenvalue weighted by atomic mass is 32.2. The maximum atomic E-state index is 12.8. The average molecular weight is 405 g/mol. The molecule has 0 aliphatic heterocycles. The van der Waals surface area contributed by atoms with Gasteiger partial charge in [-0.1, -0.05) is 23.1 Å². The number of rotatable bonds is 8. The van der Waals surface area contributed by atoms with Gasteiger partial charge in [0.2, 0.25) is 5.13 Å². The van der Waals surface area contributed by atoms with Crippen LogP contribution in [0.3, 0.4) is 0 Å². The van der Waals surface area contributed by atoms with Crippen LogP contribution in [-0.2, 0) is 6.54 Å². The first kappa shape index (κ1) is 19.4. The van der Waals surface area contributed by atoms with Gasteiger partial charge in [0, 0.05) is 11.3 Å². The Morgan fingerprint density at radius 3 is 2.78 bits per heavy atom.